The van der Waals surface area contributed by atoms with Crippen LogP contribution < -0.4 is 15.4 Å². The third kappa shape index (κ3) is 7.87. The maximum Gasteiger partial charge on any atom is 0.408 e. The number of nitrogens with one attached hydrogen (secondary N) is 3. The Labute approximate surface area is 268 Å². The Kier molecular flexibility index (Phi) is 10.3. The maximum atomic E-state index is 13.7. The molecule has 11 nitrogen and oxygen atoms in total. The minimum absolute atomic E-state index is 0.138. The maximum absolute atomic E-state index is 13.7. The lowest BCUT2D eigenvalue weighted by Gasteiger charge is -2.30. The summed E-state index contributed by atoms with van der Waals surface area (Å²) in [5, 5.41) is 5.60. The van der Waals surface area contributed by atoms with Crippen molar-refractivity contribution in [3.63, 3.8) is 0 Å². The number of allylic oxidation sites excluding steroid dienone is 1. The number of fused-ring (bicyclic) bond motifs is 2. The first-order valence-electron chi connectivity index (χ1n) is 14.9. The normalized spacial score (nSPS) is 27.1. The summed E-state index contributed by atoms with van der Waals surface area (Å²) < 4.78 is 34.2. The minimum Gasteiger partial charge on any atom is -0.444 e. The van der Waals surface area contributed by atoms with E-state index in [0.717, 1.165) is 12.8 Å². The number of hydrogen-bond donors (Lipinski definition) is 3. The molecule has 4 amide bonds. The molecule has 1 aliphatic carbocycles. The Morgan fingerprint density at radius 2 is 1.82 bits per heavy atom. The zero-order valence-corrected chi connectivity index (χ0v) is 27.7. The largest absolute Gasteiger partial charge is 0.444 e. The molecule has 0 spiro atoms. The van der Waals surface area contributed by atoms with Gasteiger partial charge in [-0.3, -0.25) is 14.4 Å². The fourth-order valence-corrected chi connectivity index (χ4v) is 8.06. The minimum atomic E-state index is -4.42. The van der Waals surface area contributed by atoms with Crippen LogP contribution in [0.3, 0.4) is 0 Å². The third-order valence-electron chi connectivity index (χ3n) is 8.02. The number of nitrogens with zero attached hydrogens (tertiary/aromatic N) is 1. The van der Waals surface area contributed by atoms with Gasteiger partial charge < -0.3 is 20.3 Å². The molecule has 2 fully saturated rings. The molecule has 44 heavy (non-hydrogen) atoms. The van der Waals surface area contributed by atoms with E-state index in [2.05, 4.69) is 15.4 Å². The number of hydrogen-bond acceptors (Lipinski definition) is 7. The van der Waals surface area contributed by atoms with Crippen LogP contribution in [0.15, 0.2) is 29.2 Å². The van der Waals surface area contributed by atoms with Crippen molar-refractivity contribution in [3.05, 3.63) is 39.9 Å². The van der Waals surface area contributed by atoms with E-state index in [1.54, 1.807) is 20.8 Å². The lowest BCUT2D eigenvalue weighted by Crippen LogP contribution is -2.58. The van der Waals surface area contributed by atoms with Gasteiger partial charge in [0, 0.05) is 17.5 Å². The molecule has 2 heterocycles. The molecule has 1 saturated heterocycles. The molecule has 1 aromatic carbocycles. The highest BCUT2D eigenvalue weighted by Gasteiger charge is 2.61. The van der Waals surface area contributed by atoms with Crippen LogP contribution in [0.1, 0.15) is 77.7 Å². The summed E-state index contributed by atoms with van der Waals surface area (Å²) in [4.78, 5) is 54.9. The number of sulfonamides is 1. The standard InChI is InChI=1S/C30H40Cl2N4O7S/c1-18-15-20(31)16-21(32)24(18)44(41,42)35-27(39)30-17-19(30)11-8-6-5-7-9-12-22(33-28(40)43-29(2,3)4)26(38)36-14-10-13-23(36)25(37)34-30/h8,11,15-16,19,22-23H,5-7,9-10,12-14,17H2,1-4H3,(H,33,40)(H,34,37)(H,35,39)/b11-8-/t19-,22+,23?,30-/m1/s1. The van der Waals surface area contributed by atoms with E-state index < -0.39 is 63.0 Å². The fraction of sp³-hybridized carbons (Fsp3) is 0.600. The summed E-state index contributed by atoms with van der Waals surface area (Å²) in [6.07, 6.45) is 7.46. The van der Waals surface area contributed by atoms with Crippen LogP contribution in [0, 0.1) is 12.8 Å². The van der Waals surface area contributed by atoms with E-state index in [4.69, 9.17) is 27.9 Å². The Hall–Kier alpha value is -2.83. The van der Waals surface area contributed by atoms with Gasteiger partial charge in [-0.05, 0) is 83.9 Å². The van der Waals surface area contributed by atoms with Gasteiger partial charge in [0.2, 0.25) is 11.8 Å². The van der Waals surface area contributed by atoms with E-state index >= 15 is 0 Å². The number of ether oxygens (including phenoxy) is 1. The zero-order valence-electron chi connectivity index (χ0n) is 25.4. The van der Waals surface area contributed by atoms with Crippen LogP contribution in [-0.2, 0) is 29.1 Å². The number of carbonyl (C=O) groups excluding carboxylic acids is 4. The molecule has 1 unspecified atom stereocenters. The predicted molar refractivity (Wildman–Crippen MR) is 166 cm³/mol. The highest BCUT2D eigenvalue weighted by atomic mass is 35.5. The quantitative estimate of drug-likeness (QED) is 0.402. The van der Waals surface area contributed by atoms with Crippen molar-refractivity contribution in [3.8, 4) is 0 Å². The summed E-state index contributed by atoms with van der Waals surface area (Å²) in [6, 6.07) is 0.923. The molecule has 242 valence electrons. The number of alkyl carbamates (subject to hydrolysis) is 1. The van der Waals surface area contributed by atoms with E-state index in [-0.39, 0.29) is 26.9 Å². The number of halogens is 2. The van der Waals surface area contributed by atoms with Crippen LogP contribution in [0.25, 0.3) is 0 Å². The van der Waals surface area contributed by atoms with Crippen molar-refractivity contribution in [1.29, 1.82) is 0 Å². The van der Waals surface area contributed by atoms with Crippen LogP contribution in [0.4, 0.5) is 4.79 Å². The topological polar surface area (TPSA) is 151 Å². The average Bonchev–Trinajstić information content (AvgIpc) is 3.34. The number of benzene rings is 1. The summed E-state index contributed by atoms with van der Waals surface area (Å²) >= 11 is 12.2. The molecule has 3 aliphatic rings. The van der Waals surface area contributed by atoms with E-state index in [9.17, 15) is 27.6 Å². The van der Waals surface area contributed by atoms with Crippen molar-refractivity contribution < 1.29 is 32.3 Å². The summed E-state index contributed by atoms with van der Waals surface area (Å²) in [7, 11) is -4.42. The van der Waals surface area contributed by atoms with Crippen LogP contribution in [-0.4, -0.2) is 66.9 Å². The zero-order chi connectivity index (χ0) is 32.4. The smallest absolute Gasteiger partial charge is 0.408 e. The molecule has 2 aliphatic heterocycles. The Bertz CT molecular complexity index is 1440. The number of carbonyl (C=O) groups is 4. The summed E-state index contributed by atoms with van der Waals surface area (Å²) in [6.45, 7) is 7.00. The first-order valence-corrected chi connectivity index (χ1v) is 17.1. The molecule has 1 aromatic rings. The Balaban J connectivity index is 1.59. The van der Waals surface area contributed by atoms with Gasteiger partial charge >= 0.3 is 6.09 Å². The first-order chi connectivity index (χ1) is 20.5. The molecule has 0 bridgehead atoms. The second kappa shape index (κ2) is 13.3. The SMILES string of the molecule is Cc1cc(Cl)cc(Cl)c1S(=O)(=O)NC(=O)[C@@]12C[C@H]1/C=C\CCCCC[C@H](NC(=O)OC(C)(C)C)C(=O)N1CCCC1C(=O)N2. The molecule has 1 saturated carbocycles. The van der Waals surface area contributed by atoms with Crippen LogP contribution in [0.5, 0.6) is 0 Å². The predicted octanol–water partition coefficient (Wildman–Crippen LogP) is 4.39. The van der Waals surface area contributed by atoms with Gasteiger partial charge in [-0.25, -0.2) is 17.9 Å². The second-order valence-corrected chi connectivity index (χ2v) is 15.2. The molecular weight excluding hydrogens is 631 g/mol. The Morgan fingerprint density at radius 3 is 2.50 bits per heavy atom. The molecular formula is C30H40Cl2N4O7S. The van der Waals surface area contributed by atoms with Gasteiger partial charge in [0.25, 0.3) is 15.9 Å². The van der Waals surface area contributed by atoms with Gasteiger partial charge in [-0.15, -0.1) is 0 Å². The lowest BCUT2D eigenvalue weighted by molar-refractivity contribution is -0.141. The number of rotatable bonds is 4. The third-order valence-corrected chi connectivity index (χ3v) is 10.2. The molecule has 4 atom stereocenters. The van der Waals surface area contributed by atoms with Crippen molar-refractivity contribution in [2.24, 2.45) is 5.92 Å². The van der Waals surface area contributed by atoms with Crippen LogP contribution >= 0.6 is 23.2 Å². The van der Waals surface area contributed by atoms with Crippen LogP contribution in [0.2, 0.25) is 10.0 Å². The van der Waals surface area contributed by atoms with Crippen molar-refractivity contribution in [2.75, 3.05) is 6.54 Å². The molecule has 0 radical (unpaired) electrons. The van der Waals surface area contributed by atoms with Crippen molar-refractivity contribution in [1.82, 2.24) is 20.3 Å². The number of aryl methyl sites for hydroxylation is 1. The highest BCUT2D eigenvalue weighted by Crippen LogP contribution is 2.46. The monoisotopic (exact) mass is 670 g/mol. The first kappa shape index (κ1) is 34.1. The molecule has 3 N–H and O–H groups in total. The van der Waals surface area contributed by atoms with E-state index in [1.807, 2.05) is 12.2 Å². The van der Waals surface area contributed by atoms with Gasteiger partial charge in [0.1, 0.15) is 28.1 Å². The fourth-order valence-electron chi connectivity index (χ4n) is 5.84. The Morgan fingerprint density at radius 1 is 1.09 bits per heavy atom. The molecule has 4 rings (SSSR count). The number of amides is 4. The summed E-state index contributed by atoms with van der Waals surface area (Å²) in [5.74, 6) is -2.30. The van der Waals surface area contributed by atoms with Crippen molar-refractivity contribution >= 4 is 57.0 Å². The molecule has 14 heteroatoms. The average molecular weight is 672 g/mol. The van der Waals surface area contributed by atoms with Gasteiger partial charge in [0.15, 0.2) is 0 Å². The summed E-state index contributed by atoms with van der Waals surface area (Å²) in [5.41, 5.74) is -2.02. The van der Waals surface area contributed by atoms with Gasteiger partial charge in [-0.2, -0.15) is 0 Å². The van der Waals surface area contributed by atoms with E-state index in [1.165, 1.54) is 24.0 Å². The van der Waals surface area contributed by atoms with Gasteiger partial charge in [-0.1, -0.05) is 48.2 Å². The van der Waals surface area contributed by atoms with Crippen molar-refractivity contribution in [2.45, 2.75) is 107 Å². The second-order valence-electron chi connectivity index (χ2n) is 12.7. The van der Waals surface area contributed by atoms with E-state index in [0.29, 0.717) is 38.6 Å². The highest BCUT2D eigenvalue weighted by molar-refractivity contribution is 7.90. The van der Waals surface area contributed by atoms with Gasteiger partial charge in [0.05, 0.1) is 5.02 Å². The lowest BCUT2D eigenvalue weighted by atomic mass is 10.0. The molecule has 0 aromatic heterocycles.